The van der Waals surface area contributed by atoms with Crippen LogP contribution in [0.3, 0.4) is 0 Å². The highest BCUT2D eigenvalue weighted by Crippen LogP contribution is 2.59. The first-order valence-electron chi connectivity index (χ1n) is 20.8. The minimum atomic E-state index is -3.99. The first kappa shape index (κ1) is 48.9. The zero-order chi connectivity index (χ0) is 44.4. The number of hydroxylamine groups is 2. The molecule has 2 aromatic rings. The SMILES string of the molecule is CC(C)=CC1C(COc2ccc(S(=O)(=O)C3(C(=O)NO)CCNCC3)cc2)C1(C)C.CC(C)=CCCC(C)CCOc1ccc(S(=O)(=O)C2(C(=O)NO)CCNCC2)cc1. The van der Waals surface area contributed by atoms with E-state index in [1.165, 1.54) is 35.4 Å². The highest BCUT2D eigenvalue weighted by atomic mass is 32.2. The van der Waals surface area contributed by atoms with Crippen LogP contribution in [0.2, 0.25) is 0 Å². The van der Waals surface area contributed by atoms with E-state index in [9.17, 15) is 26.4 Å². The molecule has 16 heteroatoms. The standard InChI is InChI=1S/C22H32N2O5S.C22H34N2O5S/c1-15(2)13-18-19(21(18,3)4)14-29-16-5-7-17(8-6-16)30(27,28)22(20(25)24-26)9-11-23-12-10-22;1-17(2)5-4-6-18(3)11-16-29-19-7-9-20(10-8-19)30(27,28)22(21(25)24-26)12-14-23-15-13-22/h5-8,13,18-19,23,26H,9-12,14H2,1-4H3,(H,24,25);5,7-10,18,23,26H,4,6,11-16H2,1-3H3,(H,24,25). The fourth-order valence-corrected chi connectivity index (χ4v) is 12.1. The third kappa shape index (κ3) is 11.2. The summed E-state index contributed by atoms with van der Waals surface area (Å²) in [5.74, 6) is 0.866. The quantitative estimate of drug-likeness (QED) is 0.0620. The molecule has 334 valence electrons. The Kier molecular flexibility index (Phi) is 17.0. The number of hydrogen-bond acceptors (Lipinski definition) is 12. The molecule has 6 N–H and O–H groups in total. The highest BCUT2D eigenvalue weighted by molar-refractivity contribution is 7.94. The van der Waals surface area contributed by atoms with Gasteiger partial charge < -0.3 is 20.1 Å². The van der Waals surface area contributed by atoms with Crippen LogP contribution in [0.5, 0.6) is 11.5 Å². The number of sulfone groups is 2. The maximum absolute atomic E-state index is 13.3. The maximum Gasteiger partial charge on any atom is 0.265 e. The first-order valence-corrected chi connectivity index (χ1v) is 23.8. The molecule has 3 atom stereocenters. The van der Waals surface area contributed by atoms with E-state index < -0.39 is 41.0 Å². The molecule has 2 aliphatic heterocycles. The average Bonchev–Trinajstić information content (AvgIpc) is 3.75. The summed E-state index contributed by atoms with van der Waals surface area (Å²) in [7, 11) is -7.96. The van der Waals surface area contributed by atoms with E-state index in [1.807, 2.05) is 0 Å². The average molecular weight is 875 g/mol. The van der Waals surface area contributed by atoms with Crippen molar-refractivity contribution in [3.8, 4) is 11.5 Å². The van der Waals surface area contributed by atoms with Gasteiger partial charge in [0.25, 0.3) is 11.8 Å². The molecular formula is C44H66N4O10S2. The lowest BCUT2D eigenvalue weighted by atomic mass is 9.96. The summed E-state index contributed by atoms with van der Waals surface area (Å²) < 4.78 is 61.4. The van der Waals surface area contributed by atoms with E-state index in [2.05, 4.69) is 71.3 Å². The summed E-state index contributed by atoms with van der Waals surface area (Å²) in [4.78, 5) is 24.7. The molecule has 3 unspecified atom stereocenters. The van der Waals surface area contributed by atoms with E-state index in [4.69, 9.17) is 19.9 Å². The molecule has 2 aromatic carbocycles. The zero-order valence-corrected chi connectivity index (χ0v) is 37.8. The minimum Gasteiger partial charge on any atom is -0.494 e. The van der Waals surface area contributed by atoms with Gasteiger partial charge in [0.2, 0.25) is 0 Å². The largest absolute Gasteiger partial charge is 0.494 e. The van der Waals surface area contributed by atoms with E-state index in [-0.39, 0.29) is 40.9 Å². The Bertz CT molecular complexity index is 2030. The Hall–Kier alpha value is -3.80. The molecule has 5 rings (SSSR count). The van der Waals surface area contributed by atoms with E-state index >= 15 is 0 Å². The molecule has 2 amide bonds. The van der Waals surface area contributed by atoms with Gasteiger partial charge in [-0.25, -0.2) is 27.8 Å². The second-order valence-electron chi connectivity index (χ2n) is 17.4. The number of rotatable bonds is 17. The maximum atomic E-state index is 13.3. The van der Waals surface area contributed by atoms with E-state index in [0.29, 0.717) is 68.6 Å². The third-order valence-corrected chi connectivity index (χ3v) is 17.4. The van der Waals surface area contributed by atoms with Gasteiger partial charge in [-0.2, -0.15) is 0 Å². The van der Waals surface area contributed by atoms with Crippen molar-refractivity contribution in [2.24, 2.45) is 23.2 Å². The molecule has 1 saturated carbocycles. The second kappa shape index (κ2) is 20.8. The zero-order valence-electron chi connectivity index (χ0n) is 36.2. The van der Waals surface area contributed by atoms with Crippen LogP contribution in [-0.2, 0) is 29.3 Å². The van der Waals surface area contributed by atoms with Crippen molar-refractivity contribution in [1.29, 1.82) is 0 Å². The number of benzene rings is 2. The van der Waals surface area contributed by atoms with Crippen LogP contribution in [0.15, 0.2) is 81.6 Å². The lowest BCUT2D eigenvalue weighted by Crippen LogP contribution is -2.57. The number of hydrogen-bond donors (Lipinski definition) is 6. The van der Waals surface area contributed by atoms with Crippen molar-refractivity contribution >= 4 is 31.5 Å². The van der Waals surface area contributed by atoms with Gasteiger partial charge in [-0.1, -0.05) is 44.1 Å². The second-order valence-corrected chi connectivity index (χ2v) is 21.9. The molecule has 2 saturated heterocycles. The van der Waals surface area contributed by atoms with E-state index in [0.717, 1.165) is 19.3 Å². The number of carbonyl (C=O) groups is 2. The summed E-state index contributed by atoms with van der Waals surface area (Å²) >= 11 is 0. The fraction of sp³-hybridized carbons (Fsp3) is 0.591. The molecule has 0 aromatic heterocycles. The smallest absolute Gasteiger partial charge is 0.265 e. The van der Waals surface area contributed by atoms with Crippen LogP contribution in [0.4, 0.5) is 0 Å². The molecule has 1 aliphatic carbocycles. The van der Waals surface area contributed by atoms with Gasteiger partial charge in [0.05, 0.1) is 23.0 Å². The number of piperidine rings is 2. The summed E-state index contributed by atoms with van der Waals surface area (Å²) in [6.07, 6.45) is 8.02. The molecule has 3 fully saturated rings. The van der Waals surface area contributed by atoms with Gasteiger partial charge in [-0.3, -0.25) is 20.0 Å². The van der Waals surface area contributed by atoms with Gasteiger partial charge in [-0.15, -0.1) is 0 Å². The Morgan fingerprint density at radius 3 is 1.57 bits per heavy atom. The Balaban J connectivity index is 0.000000265. The van der Waals surface area contributed by atoms with Gasteiger partial charge in [0, 0.05) is 5.92 Å². The molecule has 2 heterocycles. The molecule has 14 nitrogen and oxygen atoms in total. The highest BCUT2D eigenvalue weighted by Gasteiger charge is 2.56. The Morgan fingerprint density at radius 1 is 0.733 bits per heavy atom. The summed E-state index contributed by atoms with van der Waals surface area (Å²) in [5, 5.41) is 24.4. The lowest BCUT2D eigenvalue weighted by Gasteiger charge is -2.34. The van der Waals surface area contributed by atoms with Crippen LogP contribution in [0.1, 0.15) is 93.4 Å². The first-order chi connectivity index (χ1) is 28.3. The van der Waals surface area contributed by atoms with Crippen LogP contribution >= 0.6 is 0 Å². The topological polar surface area (TPSA) is 209 Å². The summed E-state index contributed by atoms with van der Waals surface area (Å²) in [6, 6.07) is 12.4. The van der Waals surface area contributed by atoms with Crippen molar-refractivity contribution in [3.63, 3.8) is 0 Å². The normalized spacial score (nSPS) is 20.8. The number of carbonyl (C=O) groups excluding carboxylic acids is 2. The van der Waals surface area contributed by atoms with Crippen LogP contribution in [-0.4, -0.2) is 88.0 Å². The Morgan fingerprint density at radius 2 is 1.17 bits per heavy atom. The molecule has 0 spiro atoms. The third-order valence-electron chi connectivity index (χ3n) is 12.3. The monoisotopic (exact) mass is 874 g/mol. The molecule has 0 radical (unpaired) electrons. The van der Waals surface area contributed by atoms with Gasteiger partial charge in [0.1, 0.15) is 11.5 Å². The van der Waals surface area contributed by atoms with Crippen molar-refractivity contribution in [2.45, 2.75) is 113 Å². The summed E-state index contributed by atoms with van der Waals surface area (Å²) in [5.41, 5.74) is 5.92. The predicted molar refractivity (Wildman–Crippen MR) is 230 cm³/mol. The molecule has 3 aliphatic rings. The number of ether oxygens (including phenoxy) is 2. The van der Waals surface area contributed by atoms with Gasteiger partial charge in [0.15, 0.2) is 29.2 Å². The van der Waals surface area contributed by atoms with Gasteiger partial charge in [-0.05, 0) is 165 Å². The fourth-order valence-electron chi connectivity index (χ4n) is 8.14. The molecular weight excluding hydrogens is 809 g/mol. The lowest BCUT2D eigenvalue weighted by molar-refractivity contribution is -0.133. The Labute approximate surface area is 356 Å². The van der Waals surface area contributed by atoms with Crippen LogP contribution in [0.25, 0.3) is 0 Å². The number of allylic oxidation sites excluding steroid dienone is 4. The predicted octanol–water partition coefficient (Wildman–Crippen LogP) is 5.94. The van der Waals surface area contributed by atoms with Crippen molar-refractivity contribution in [1.82, 2.24) is 21.6 Å². The minimum absolute atomic E-state index is 0.0505. The van der Waals surface area contributed by atoms with E-state index in [1.54, 1.807) is 35.2 Å². The number of amides is 2. The number of nitrogens with one attached hydrogen (secondary N) is 4. The van der Waals surface area contributed by atoms with Crippen LogP contribution < -0.4 is 31.1 Å². The van der Waals surface area contributed by atoms with Crippen molar-refractivity contribution < 1.29 is 46.3 Å². The van der Waals surface area contributed by atoms with Crippen LogP contribution in [0, 0.1) is 23.2 Å². The molecule has 60 heavy (non-hydrogen) atoms. The van der Waals surface area contributed by atoms with Gasteiger partial charge >= 0.3 is 0 Å². The van der Waals surface area contributed by atoms with Crippen molar-refractivity contribution in [3.05, 3.63) is 71.8 Å². The van der Waals surface area contributed by atoms with Crippen molar-refractivity contribution in [2.75, 3.05) is 39.4 Å². The summed E-state index contributed by atoms with van der Waals surface area (Å²) in [6.45, 7) is 17.7. The molecule has 0 bridgehead atoms.